The lowest BCUT2D eigenvalue weighted by Crippen LogP contribution is -2.12. The summed E-state index contributed by atoms with van der Waals surface area (Å²) in [4.78, 5) is 11.3. The third-order valence-corrected chi connectivity index (χ3v) is 3.78. The van der Waals surface area contributed by atoms with Gasteiger partial charge in [0.05, 0.1) is 17.0 Å². The molecule has 0 fully saturated rings. The van der Waals surface area contributed by atoms with E-state index in [0.717, 1.165) is 5.69 Å². The number of phenols is 1. The van der Waals surface area contributed by atoms with E-state index in [1.54, 1.807) is 6.07 Å². The Kier molecular flexibility index (Phi) is 4.93. The van der Waals surface area contributed by atoms with Gasteiger partial charge in [-0.3, -0.25) is 10.2 Å². The van der Waals surface area contributed by atoms with Crippen LogP contribution < -0.4 is 11.2 Å². The van der Waals surface area contributed by atoms with Crippen LogP contribution in [0.4, 0.5) is 5.69 Å². The second-order valence-corrected chi connectivity index (χ2v) is 6.73. The molecule has 126 valence electrons. The van der Waals surface area contributed by atoms with E-state index >= 15 is 0 Å². The molecule has 1 amide bonds. The van der Waals surface area contributed by atoms with Crippen molar-refractivity contribution in [2.45, 2.75) is 33.1 Å². The molecule has 0 radical (unpaired) electrons. The van der Waals surface area contributed by atoms with Gasteiger partial charge in [0.1, 0.15) is 5.75 Å². The SMILES string of the molecule is C/C(=N\Nc1ccc(C(C)(C)C)cc1)c1ccc(O)c(C(N)=O)c1. The highest BCUT2D eigenvalue weighted by Gasteiger charge is 2.13. The summed E-state index contributed by atoms with van der Waals surface area (Å²) in [6, 6.07) is 12.7. The quantitative estimate of drug-likeness (QED) is 0.592. The minimum atomic E-state index is -0.673. The van der Waals surface area contributed by atoms with Crippen molar-refractivity contribution < 1.29 is 9.90 Å². The van der Waals surface area contributed by atoms with Crippen molar-refractivity contribution in [3.05, 3.63) is 59.2 Å². The second-order valence-electron chi connectivity index (χ2n) is 6.73. The van der Waals surface area contributed by atoms with Crippen molar-refractivity contribution in [1.82, 2.24) is 0 Å². The first-order chi connectivity index (χ1) is 11.2. The van der Waals surface area contributed by atoms with Crippen molar-refractivity contribution in [2.75, 3.05) is 5.43 Å². The zero-order chi connectivity index (χ0) is 17.9. The Balaban J connectivity index is 2.17. The summed E-state index contributed by atoms with van der Waals surface area (Å²) in [6.45, 7) is 8.31. The van der Waals surface area contributed by atoms with Crippen LogP contribution in [0.5, 0.6) is 5.75 Å². The Morgan fingerprint density at radius 3 is 2.29 bits per heavy atom. The summed E-state index contributed by atoms with van der Waals surface area (Å²) in [5.41, 5.74) is 11.9. The first kappa shape index (κ1) is 17.5. The molecule has 0 atom stereocenters. The Labute approximate surface area is 142 Å². The molecule has 0 aromatic heterocycles. The number of aromatic hydroxyl groups is 1. The number of hydrazone groups is 1. The van der Waals surface area contributed by atoms with Gasteiger partial charge in [-0.25, -0.2) is 0 Å². The molecular weight excluding hydrogens is 302 g/mol. The van der Waals surface area contributed by atoms with E-state index in [0.29, 0.717) is 11.3 Å². The minimum absolute atomic E-state index is 0.0802. The number of nitrogens with zero attached hydrogens (tertiary/aromatic N) is 1. The van der Waals surface area contributed by atoms with Crippen LogP contribution in [-0.4, -0.2) is 16.7 Å². The van der Waals surface area contributed by atoms with Gasteiger partial charge in [0.25, 0.3) is 5.91 Å². The lowest BCUT2D eigenvalue weighted by molar-refractivity contribution is 0.0997. The fourth-order valence-electron chi connectivity index (χ4n) is 2.22. The lowest BCUT2D eigenvalue weighted by atomic mass is 9.87. The van der Waals surface area contributed by atoms with Crippen LogP contribution in [0, 0.1) is 0 Å². The van der Waals surface area contributed by atoms with Crippen molar-refractivity contribution in [2.24, 2.45) is 10.8 Å². The van der Waals surface area contributed by atoms with Gasteiger partial charge in [-0.2, -0.15) is 5.10 Å². The molecule has 5 nitrogen and oxygen atoms in total. The summed E-state index contributed by atoms with van der Waals surface area (Å²) in [6.07, 6.45) is 0. The second kappa shape index (κ2) is 6.74. The van der Waals surface area contributed by atoms with Crippen molar-refractivity contribution >= 4 is 17.3 Å². The first-order valence-electron chi connectivity index (χ1n) is 7.72. The average Bonchev–Trinajstić information content (AvgIpc) is 2.52. The highest BCUT2D eigenvalue weighted by Crippen LogP contribution is 2.23. The molecular formula is C19H23N3O2. The molecule has 0 saturated carbocycles. The smallest absolute Gasteiger partial charge is 0.252 e. The molecule has 0 aliphatic rings. The number of primary amides is 1. The fourth-order valence-corrected chi connectivity index (χ4v) is 2.22. The molecule has 0 bridgehead atoms. The number of carbonyl (C=O) groups excluding carboxylic acids is 1. The largest absolute Gasteiger partial charge is 0.507 e. The van der Waals surface area contributed by atoms with E-state index in [1.165, 1.54) is 17.7 Å². The molecule has 4 N–H and O–H groups in total. The Morgan fingerprint density at radius 2 is 1.75 bits per heavy atom. The lowest BCUT2D eigenvalue weighted by Gasteiger charge is -2.19. The molecule has 24 heavy (non-hydrogen) atoms. The number of benzene rings is 2. The van der Waals surface area contributed by atoms with Crippen LogP contribution in [0.3, 0.4) is 0 Å². The topological polar surface area (TPSA) is 87.7 Å². The number of amides is 1. The van der Waals surface area contributed by atoms with Gasteiger partial charge in [0.2, 0.25) is 0 Å². The van der Waals surface area contributed by atoms with Crippen LogP contribution >= 0.6 is 0 Å². The molecule has 0 saturated heterocycles. The van der Waals surface area contributed by atoms with Crippen LogP contribution in [0.1, 0.15) is 49.2 Å². The van der Waals surface area contributed by atoms with Crippen LogP contribution in [0.15, 0.2) is 47.6 Å². The van der Waals surface area contributed by atoms with E-state index in [1.807, 2.05) is 19.1 Å². The van der Waals surface area contributed by atoms with Crippen LogP contribution in [0.25, 0.3) is 0 Å². The standard InChI is InChI=1S/C19H23N3O2/c1-12(13-5-10-17(23)16(11-13)18(20)24)21-22-15-8-6-14(7-9-15)19(2,3)4/h5-11,22-23H,1-4H3,(H2,20,24)/b21-12+. The van der Waals surface area contributed by atoms with Crippen LogP contribution in [0.2, 0.25) is 0 Å². The predicted molar refractivity (Wildman–Crippen MR) is 97.6 cm³/mol. The molecule has 2 rings (SSSR count). The van der Waals surface area contributed by atoms with Crippen LogP contribution in [-0.2, 0) is 5.41 Å². The Bertz CT molecular complexity index is 772. The van der Waals surface area contributed by atoms with E-state index in [9.17, 15) is 9.90 Å². The van der Waals surface area contributed by atoms with Gasteiger partial charge in [0, 0.05) is 0 Å². The van der Waals surface area contributed by atoms with Crippen molar-refractivity contribution in [3.63, 3.8) is 0 Å². The summed E-state index contributed by atoms with van der Waals surface area (Å²) in [7, 11) is 0. The molecule has 5 heteroatoms. The zero-order valence-electron chi connectivity index (χ0n) is 14.4. The number of nitrogens with one attached hydrogen (secondary N) is 1. The number of rotatable bonds is 4. The van der Waals surface area contributed by atoms with Gasteiger partial charge in [-0.15, -0.1) is 0 Å². The molecule has 2 aromatic rings. The maximum absolute atomic E-state index is 11.3. The first-order valence-corrected chi connectivity index (χ1v) is 7.72. The average molecular weight is 325 g/mol. The monoisotopic (exact) mass is 325 g/mol. The normalized spacial score (nSPS) is 12.1. The van der Waals surface area contributed by atoms with Gasteiger partial charge < -0.3 is 10.8 Å². The van der Waals surface area contributed by atoms with E-state index < -0.39 is 5.91 Å². The maximum atomic E-state index is 11.3. The number of hydrogen-bond donors (Lipinski definition) is 3. The third-order valence-electron chi connectivity index (χ3n) is 3.78. The summed E-state index contributed by atoms with van der Waals surface area (Å²) in [5.74, 6) is -0.808. The van der Waals surface area contributed by atoms with Gasteiger partial charge in [-0.05, 0) is 53.8 Å². The number of anilines is 1. The predicted octanol–water partition coefficient (Wildman–Crippen LogP) is 3.62. The van der Waals surface area contributed by atoms with Crippen molar-refractivity contribution in [1.29, 1.82) is 0 Å². The summed E-state index contributed by atoms with van der Waals surface area (Å²) in [5, 5.41) is 13.9. The van der Waals surface area contributed by atoms with Gasteiger partial charge in [0.15, 0.2) is 0 Å². The zero-order valence-corrected chi connectivity index (χ0v) is 14.4. The molecule has 0 aliphatic heterocycles. The molecule has 0 unspecified atom stereocenters. The Morgan fingerprint density at radius 1 is 1.12 bits per heavy atom. The van der Waals surface area contributed by atoms with Gasteiger partial charge in [-0.1, -0.05) is 32.9 Å². The maximum Gasteiger partial charge on any atom is 0.252 e. The minimum Gasteiger partial charge on any atom is -0.507 e. The van der Waals surface area contributed by atoms with E-state index in [-0.39, 0.29) is 16.7 Å². The number of hydrogen-bond acceptors (Lipinski definition) is 4. The summed E-state index contributed by atoms with van der Waals surface area (Å²) < 4.78 is 0. The van der Waals surface area contributed by atoms with E-state index in [4.69, 9.17) is 5.73 Å². The van der Waals surface area contributed by atoms with Crippen molar-refractivity contribution in [3.8, 4) is 5.75 Å². The van der Waals surface area contributed by atoms with Gasteiger partial charge >= 0.3 is 0 Å². The molecule has 0 aliphatic carbocycles. The number of carbonyl (C=O) groups is 1. The number of nitrogens with two attached hydrogens (primary N) is 1. The highest BCUT2D eigenvalue weighted by molar-refractivity contribution is 6.03. The molecule has 0 heterocycles. The molecule has 2 aromatic carbocycles. The summed E-state index contributed by atoms with van der Waals surface area (Å²) >= 11 is 0. The highest BCUT2D eigenvalue weighted by atomic mass is 16.3. The van der Waals surface area contributed by atoms with E-state index in [2.05, 4.69) is 43.4 Å². The Hall–Kier alpha value is -2.82. The fraction of sp³-hybridized carbons (Fsp3) is 0.263. The molecule has 0 spiro atoms. The third kappa shape index (κ3) is 4.13.